The van der Waals surface area contributed by atoms with Gasteiger partial charge in [-0.1, -0.05) is 41.9 Å². The SMILES string of the molecule is COc1ccccc1-c1c(Cl)ccc2ccc(C(=O)N=C(N)N)cc12. The van der Waals surface area contributed by atoms with Crippen LogP contribution in [-0.4, -0.2) is 19.0 Å². The number of benzene rings is 3. The molecule has 25 heavy (non-hydrogen) atoms. The number of nitrogens with zero attached hydrogens (tertiary/aromatic N) is 1. The first-order chi connectivity index (χ1) is 12.0. The molecule has 6 heteroatoms. The lowest BCUT2D eigenvalue weighted by Gasteiger charge is -2.13. The Morgan fingerprint density at radius 1 is 1.08 bits per heavy atom. The average Bonchev–Trinajstić information content (AvgIpc) is 2.60. The fourth-order valence-corrected chi connectivity index (χ4v) is 3.00. The fraction of sp³-hybridized carbons (Fsp3) is 0.0526. The van der Waals surface area contributed by atoms with Crippen molar-refractivity contribution < 1.29 is 9.53 Å². The van der Waals surface area contributed by atoms with Crippen LogP contribution < -0.4 is 16.2 Å². The molecule has 0 aromatic heterocycles. The second-order valence-electron chi connectivity index (χ2n) is 5.40. The number of hydrogen-bond donors (Lipinski definition) is 2. The van der Waals surface area contributed by atoms with Gasteiger partial charge in [-0.05, 0) is 35.0 Å². The molecule has 5 nitrogen and oxygen atoms in total. The Kier molecular flexibility index (Phi) is 4.59. The number of fused-ring (bicyclic) bond motifs is 1. The normalized spacial score (nSPS) is 10.5. The molecular formula is C19H16ClN3O2. The minimum atomic E-state index is -0.507. The van der Waals surface area contributed by atoms with Crippen molar-refractivity contribution in [1.82, 2.24) is 0 Å². The summed E-state index contributed by atoms with van der Waals surface area (Å²) in [6.07, 6.45) is 0. The van der Waals surface area contributed by atoms with Crippen LogP contribution in [0.5, 0.6) is 5.75 Å². The van der Waals surface area contributed by atoms with E-state index >= 15 is 0 Å². The Balaban J connectivity index is 2.29. The molecule has 0 aliphatic carbocycles. The number of carbonyl (C=O) groups excluding carboxylic acids is 1. The van der Waals surface area contributed by atoms with Crippen LogP contribution in [0, 0.1) is 0 Å². The zero-order valence-corrected chi connectivity index (χ0v) is 14.2. The third-order valence-corrected chi connectivity index (χ3v) is 4.14. The van der Waals surface area contributed by atoms with Crippen LogP contribution in [0.25, 0.3) is 21.9 Å². The third kappa shape index (κ3) is 3.27. The van der Waals surface area contributed by atoms with E-state index in [0.717, 1.165) is 21.9 Å². The molecule has 1 amide bonds. The number of guanidine groups is 1. The summed E-state index contributed by atoms with van der Waals surface area (Å²) in [5.74, 6) is -0.0909. The van der Waals surface area contributed by atoms with Gasteiger partial charge in [-0.25, -0.2) is 0 Å². The molecule has 0 radical (unpaired) electrons. The molecule has 0 bridgehead atoms. The van der Waals surface area contributed by atoms with Gasteiger partial charge in [0.1, 0.15) is 5.75 Å². The number of carbonyl (C=O) groups is 1. The molecule has 0 saturated heterocycles. The number of para-hydroxylation sites is 1. The minimum Gasteiger partial charge on any atom is -0.496 e. The Hall–Kier alpha value is -3.05. The highest BCUT2D eigenvalue weighted by Gasteiger charge is 2.15. The third-order valence-electron chi connectivity index (χ3n) is 3.82. The van der Waals surface area contributed by atoms with Gasteiger partial charge in [-0.15, -0.1) is 0 Å². The van der Waals surface area contributed by atoms with Crippen LogP contribution in [0.1, 0.15) is 10.4 Å². The summed E-state index contributed by atoms with van der Waals surface area (Å²) in [5.41, 5.74) is 12.6. The van der Waals surface area contributed by atoms with E-state index in [1.165, 1.54) is 0 Å². The number of aliphatic imine (C=N–C) groups is 1. The van der Waals surface area contributed by atoms with Crippen LogP contribution in [0.3, 0.4) is 0 Å². The Labute approximate surface area is 149 Å². The smallest absolute Gasteiger partial charge is 0.280 e. The van der Waals surface area contributed by atoms with Crippen molar-refractivity contribution in [3.05, 3.63) is 65.2 Å². The van der Waals surface area contributed by atoms with Crippen LogP contribution in [0.4, 0.5) is 0 Å². The number of amides is 1. The van der Waals surface area contributed by atoms with Gasteiger partial charge in [-0.2, -0.15) is 4.99 Å². The van der Waals surface area contributed by atoms with Crippen molar-refractivity contribution >= 4 is 34.2 Å². The van der Waals surface area contributed by atoms with E-state index < -0.39 is 5.91 Å². The van der Waals surface area contributed by atoms with Gasteiger partial charge in [0, 0.05) is 21.7 Å². The predicted octanol–water partition coefficient (Wildman–Crippen LogP) is 3.58. The first-order valence-electron chi connectivity index (χ1n) is 7.51. The first-order valence-corrected chi connectivity index (χ1v) is 7.88. The van der Waals surface area contributed by atoms with E-state index in [4.69, 9.17) is 27.8 Å². The molecule has 0 atom stereocenters. The van der Waals surface area contributed by atoms with Gasteiger partial charge < -0.3 is 16.2 Å². The van der Waals surface area contributed by atoms with Gasteiger partial charge >= 0.3 is 0 Å². The number of rotatable bonds is 3. The molecular weight excluding hydrogens is 338 g/mol. The summed E-state index contributed by atoms with van der Waals surface area (Å²) in [7, 11) is 1.60. The van der Waals surface area contributed by atoms with Crippen LogP contribution in [0.2, 0.25) is 5.02 Å². The Morgan fingerprint density at radius 3 is 2.52 bits per heavy atom. The standard InChI is InChI=1S/C19H16ClN3O2/c1-25-16-5-3-2-4-13(16)17-14-10-12(18(24)23-19(21)22)7-6-11(14)8-9-15(17)20/h2-10H,1H3,(H4,21,22,23,24). The predicted molar refractivity (Wildman–Crippen MR) is 101 cm³/mol. The van der Waals surface area contributed by atoms with Crippen molar-refractivity contribution in [1.29, 1.82) is 0 Å². The highest BCUT2D eigenvalue weighted by molar-refractivity contribution is 6.35. The van der Waals surface area contributed by atoms with Crippen molar-refractivity contribution in [3.8, 4) is 16.9 Å². The quantitative estimate of drug-likeness (QED) is 0.556. The molecule has 0 heterocycles. The van der Waals surface area contributed by atoms with E-state index in [2.05, 4.69) is 4.99 Å². The second kappa shape index (κ2) is 6.83. The van der Waals surface area contributed by atoms with Crippen molar-refractivity contribution in [2.75, 3.05) is 7.11 Å². The van der Waals surface area contributed by atoms with Gasteiger partial charge in [0.05, 0.1) is 7.11 Å². The number of hydrogen-bond acceptors (Lipinski definition) is 2. The summed E-state index contributed by atoms with van der Waals surface area (Å²) < 4.78 is 5.45. The highest BCUT2D eigenvalue weighted by Crippen LogP contribution is 2.40. The molecule has 0 aliphatic rings. The van der Waals surface area contributed by atoms with Crippen molar-refractivity contribution in [2.45, 2.75) is 0 Å². The number of halogens is 1. The maximum absolute atomic E-state index is 12.1. The lowest BCUT2D eigenvalue weighted by Crippen LogP contribution is -2.24. The number of nitrogens with two attached hydrogens (primary N) is 2. The number of methoxy groups -OCH3 is 1. The topological polar surface area (TPSA) is 90.7 Å². The molecule has 126 valence electrons. The van der Waals surface area contributed by atoms with Crippen LogP contribution in [0.15, 0.2) is 59.6 Å². The van der Waals surface area contributed by atoms with Gasteiger partial charge in [-0.3, -0.25) is 4.79 Å². The number of ether oxygens (including phenoxy) is 1. The second-order valence-corrected chi connectivity index (χ2v) is 5.81. The summed E-state index contributed by atoms with van der Waals surface area (Å²) in [6, 6.07) is 16.5. The Bertz CT molecular complexity index is 995. The van der Waals surface area contributed by atoms with E-state index in [9.17, 15) is 4.79 Å². The highest BCUT2D eigenvalue weighted by atomic mass is 35.5. The summed E-state index contributed by atoms with van der Waals surface area (Å²) in [4.78, 5) is 15.7. The van der Waals surface area contributed by atoms with Crippen LogP contribution in [-0.2, 0) is 0 Å². The van der Waals surface area contributed by atoms with Crippen LogP contribution >= 0.6 is 11.6 Å². The molecule has 0 aliphatic heterocycles. The maximum atomic E-state index is 12.1. The van der Waals surface area contributed by atoms with E-state index in [-0.39, 0.29) is 5.96 Å². The van der Waals surface area contributed by atoms with Crippen molar-refractivity contribution in [3.63, 3.8) is 0 Å². The molecule has 3 aromatic rings. The average molecular weight is 354 g/mol. The molecule has 3 aromatic carbocycles. The summed E-state index contributed by atoms with van der Waals surface area (Å²) in [5, 5.41) is 2.31. The monoisotopic (exact) mass is 353 g/mol. The molecule has 0 fully saturated rings. The first kappa shape index (κ1) is 16.8. The van der Waals surface area contributed by atoms with Gasteiger partial charge in [0.2, 0.25) is 0 Å². The van der Waals surface area contributed by atoms with E-state index in [0.29, 0.717) is 16.3 Å². The summed E-state index contributed by atoms with van der Waals surface area (Å²) in [6.45, 7) is 0. The fourth-order valence-electron chi connectivity index (χ4n) is 2.73. The maximum Gasteiger partial charge on any atom is 0.280 e. The largest absolute Gasteiger partial charge is 0.496 e. The van der Waals surface area contributed by atoms with E-state index in [1.54, 1.807) is 19.2 Å². The summed E-state index contributed by atoms with van der Waals surface area (Å²) >= 11 is 6.47. The van der Waals surface area contributed by atoms with Gasteiger partial charge in [0.15, 0.2) is 5.96 Å². The van der Waals surface area contributed by atoms with Gasteiger partial charge in [0.25, 0.3) is 5.91 Å². The molecule has 0 spiro atoms. The minimum absolute atomic E-state index is 0.277. The molecule has 0 saturated carbocycles. The Morgan fingerprint density at radius 2 is 1.80 bits per heavy atom. The molecule has 3 rings (SSSR count). The lowest BCUT2D eigenvalue weighted by atomic mass is 9.96. The lowest BCUT2D eigenvalue weighted by molar-refractivity contribution is 0.100. The van der Waals surface area contributed by atoms with E-state index in [1.807, 2.05) is 42.5 Å². The zero-order chi connectivity index (χ0) is 18.0. The molecule has 0 unspecified atom stereocenters. The zero-order valence-electron chi connectivity index (χ0n) is 13.5. The molecule has 4 N–H and O–H groups in total. The van der Waals surface area contributed by atoms with Crippen molar-refractivity contribution in [2.24, 2.45) is 16.5 Å².